The summed E-state index contributed by atoms with van der Waals surface area (Å²) in [5, 5.41) is 17.2. The van der Waals surface area contributed by atoms with E-state index in [1.54, 1.807) is 12.1 Å². The van der Waals surface area contributed by atoms with Gasteiger partial charge in [-0.3, -0.25) is 14.9 Å². The molecular formula is C15H21N3O3. The van der Waals surface area contributed by atoms with Crippen LogP contribution in [0.3, 0.4) is 0 Å². The van der Waals surface area contributed by atoms with Crippen LogP contribution in [0.4, 0.5) is 11.4 Å². The molecule has 1 aromatic rings. The first-order valence-electron chi connectivity index (χ1n) is 7.36. The van der Waals surface area contributed by atoms with Gasteiger partial charge in [-0.25, -0.2) is 0 Å². The summed E-state index contributed by atoms with van der Waals surface area (Å²) in [5.41, 5.74) is 0.369. The third-order valence-electron chi connectivity index (χ3n) is 3.72. The largest absolute Gasteiger partial charge is 0.379 e. The van der Waals surface area contributed by atoms with Crippen LogP contribution in [-0.4, -0.2) is 23.4 Å². The second kappa shape index (κ2) is 6.56. The fourth-order valence-electron chi connectivity index (χ4n) is 2.32. The lowest BCUT2D eigenvalue weighted by atomic mass is 10.1. The molecule has 21 heavy (non-hydrogen) atoms. The van der Waals surface area contributed by atoms with Crippen LogP contribution in [-0.2, 0) is 0 Å². The van der Waals surface area contributed by atoms with Crippen LogP contribution < -0.4 is 10.6 Å². The second-order valence-corrected chi connectivity index (χ2v) is 5.49. The summed E-state index contributed by atoms with van der Waals surface area (Å²) in [4.78, 5) is 23.1. The van der Waals surface area contributed by atoms with E-state index < -0.39 is 4.92 Å². The maximum atomic E-state index is 12.3. The third kappa shape index (κ3) is 3.71. The van der Waals surface area contributed by atoms with E-state index in [4.69, 9.17) is 0 Å². The Labute approximate surface area is 124 Å². The Kier molecular flexibility index (Phi) is 4.77. The summed E-state index contributed by atoms with van der Waals surface area (Å²) in [6.07, 6.45) is 3.08. The molecule has 1 unspecified atom stereocenters. The van der Waals surface area contributed by atoms with Crippen LogP contribution in [0.15, 0.2) is 18.2 Å². The number of anilines is 1. The highest BCUT2D eigenvalue weighted by molar-refractivity contribution is 6.00. The van der Waals surface area contributed by atoms with Crippen LogP contribution in [0.5, 0.6) is 0 Å². The van der Waals surface area contributed by atoms with E-state index in [9.17, 15) is 14.9 Å². The van der Waals surface area contributed by atoms with Gasteiger partial charge in [0.15, 0.2) is 0 Å². The normalized spacial score (nSPS) is 15.3. The highest BCUT2D eigenvalue weighted by Gasteiger charge is 2.31. The number of hydrogen-bond acceptors (Lipinski definition) is 4. The monoisotopic (exact) mass is 291 g/mol. The summed E-state index contributed by atoms with van der Waals surface area (Å²) in [7, 11) is 0. The van der Waals surface area contributed by atoms with Gasteiger partial charge < -0.3 is 10.6 Å². The number of nitro benzene ring substituents is 1. The summed E-state index contributed by atoms with van der Waals surface area (Å²) >= 11 is 0. The highest BCUT2D eigenvalue weighted by atomic mass is 16.6. The molecule has 6 nitrogen and oxygen atoms in total. The molecule has 0 aromatic heterocycles. The van der Waals surface area contributed by atoms with E-state index in [2.05, 4.69) is 10.6 Å². The fraction of sp³-hybridized carbons (Fsp3) is 0.533. The number of benzene rings is 1. The number of rotatable bonds is 7. The number of nitro groups is 1. The maximum Gasteiger partial charge on any atom is 0.305 e. The molecule has 1 aromatic carbocycles. The van der Waals surface area contributed by atoms with E-state index in [1.807, 2.05) is 13.8 Å². The molecule has 1 fully saturated rings. The van der Waals surface area contributed by atoms with E-state index in [1.165, 1.54) is 6.07 Å². The smallest absolute Gasteiger partial charge is 0.305 e. The summed E-state index contributed by atoms with van der Waals surface area (Å²) in [5.74, 6) is 0.135. The van der Waals surface area contributed by atoms with Crippen molar-refractivity contribution >= 4 is 17.3 Å². The molecule has 1 amide bonds. The minimum absolute atomic E-state index is 0.0596. The standard InChI is InChI=1S/C15H21N3O3/c1-3-9-16-13-6-4-5-12(14(13)18(20)21)15(19)17-10(2)11-7-8-11/h4-6,10-11,16H,3,7-9H2,1-2H3,(H,17,19). The predicted molar refractivity (Wildman–Crippen MR) is 81.5 cm³/mol. The first-order chi connectivity index (χ1) is 10.0. The third-order valence-corrected chi connectivity index (χ3v) is 3.72. The Morgan fingerprint density at radius 1 is 1.48 bits per heavy atom. The Morgan fingerprint density at radius 3 is 2.76 bits per heavy atom. The quantitative estimate of drug-likeness (QED) is 0.597. The first-order valence-corrected chi connectivity index (χ1v) is 7.36. The molecule has 1 aliphatic carbocycles. The topological polar surface area (TPSA) is 84.3 Å². The summed E-state index contributed by atoms with van der Waals surface area (Å²) < 4.78 is 0. The van der Waals surface area contributed by atoms with Gasteiger partial charge in [0.1, 0.15) is 11.3 Å². The highest BCUT2D eigenvalue weighted by Crippen LogP contribution is 2.33. The first kappa shape index (κ1) is 15.3. The van der Waals surface area contributed by atoms with E-state index in [0.717, 1.165) is 19.3 Å². The molecule has 0 bridgehead atoms. The van der Waals surface area contributed by atoms with Crippen molar-refractivity contribution in [2.24, 2.45) is 5.92 Å². The van der Waals surface area contributed by atoms with Crippen molar-refractivity contribution in [1.82, 2.24) is 5.32 Å². The summed E-state index contributed by atoms with van der Waals surface area (Å²) in [6.45, 7) is 4.55. The number of carbonyl (C=O) groups excluding carboxylic acids is 1. The number of carbonyl (C=O) groups is 1. The minimum atomic E-state index is -0.491. The lowest BCUT2D eigenvalue weighted by molar-refractivity contribution is -0.384. The minimum Gasteiger partial charge on any atom is -0.379 e. The summed E-state index contributed by atoms with van der Waals surface area (Å²) in [6, 6.07) is 4.87. The van der Waals surface area contributed by atoms with Gasteiger partial charge in [0, 0.05) is 12.6 Å². The van der Waals surface area contributed by atoms with Gasteiger partial charge in [-0.2, -0.15) is 0 Å². The van der Waals surface area contributed by atoms with Gasteiger partial charge in [-0.05, 0) is 44.2 Å². The predicted octanol–water partition coefficient (Wildman–Crippen LogP) is 2.95. The number of amides is 1. The van der Waals surface area contributed by atoms with Crippen molar-refractivity contribution in [2.75, 3.05) is 11.9 Å². The molecule has 2 N–H and O–H groups in total. The lowest BCUT2D eigenvalue weighted by Crippen LogP contribution is -2.34. The number of nitrogens with zero attached hydrogens (tertiary/aromatic N) is 1. The number of hydrogen-bond donors (Lipinski definition) is 2. The molecule has 114 valence electrons. The molecule has 6 heteroatoms. The molecule has 0 heterocycles. The van der Waals surface area contributed by atoms with Crippen molar-refractivity contribution < 1.29 is 9.72 Å². The molecular weight excluding hydrogens is 270 g/mol. The average Bonchev–Trinajstić information content (AvgIpc) is 3.28. The van der Waals surface area contributed by atoms with Crippen molar-refractivity contribution in [2.45, 2.75) is 39.2 Å². The van der Waals surface area contributed by atoms with Gasteiger partial charge in [-0.1, -0.05) is 13.0 Å². The molecule has 0 radical (unpaired) electrons. The SMILES string of the molecule is CCCNc1cccc(C(=O)NC(C)C2CC2)c1[N+](=O)[O-]. The zero-order chi connectivity index (χ0) is 15.4. The van der Waals surface area contributed by atoms with E-state index in [0.29, 0.717) is 18.2 Å². The van der Waals surface area contributed by atoms with Gasteiger partial charge in [0.25, 0.3) is 5.91 Å². The number of nitrogens with one attached hydrogen (secondary N) is 2. The maximum absolute atomic E-state index is 12.3. The van der Waals surface area contributed by atoms with Crippen molar-refractivity contribution in [3.63, 3.8) is 0 Å². The van der Waals surface area contributed by atoms with Gasteiger partial charge in [0.2, 0.25) is 0 Å². The van der Waals surface area contributed by atoms with Crippen LogP contribution in [0.1, 0.15) is 43.5 Å². The van der Waals surface area contributed by atoms with Crippen LogP contribution >= 0.6 is 0 Å². The number of para-hydroxylation sites is 1. The Morgan fingerprint density at radius 2 is 2.19 bits per heavy atom. The zero-order valence-corrected chi connectivity index (χ0v) is 12.4. The van der Waals surface area contributed by atoms with Crippen molar-refractivity contribution in [1.29, 1.82) is 0 Å². The van der Waals surface area contributed by atoms with Crippen LogP contribution in [0.25, 0.3) is 0 Å². The molecule has 1 aliphatic rings. The molecule has 2 rings (SSSR count). The van der Waals surface area contributed by atoms with E-state index in [-0.39, 0.29) is 23.2 Å². The van der Waals surface area contributed by atoms with Crippen molar-refractivity contribution in [3.05, 3.63) is 33.9 Å². The van der Waals surface area contributed by atoms with Crippen LogP contribution in [0.2, 0.25) is 0 Å². The molecule has 0 saturated heterocycles. The van der Waals surface area contributed by atoms with Crippen LogP contribution in [0, 0.1) is 16.0 Å². The average molecular weight is 291 g/mol. The van der Waals surface area contributed by atoms with Gasteiger partial charge >= 0.3 is 5.69 Å². The second-order valence-electron chi connectivity index (χ2n) is 5.49. The zero-order valence-electron chi connectivity index (χ0n) is 12.4. The molecule has 0 aliphatic heterocycles. The molecule has 0 spiro atoms. The lowest BCUT2D eigenvalue weighted by Gasteiger charge is -2.14. The van der Waals surface area contributed by atoms with Gasteiger partial charge in [0.05, 0.1) is 4.92 Å². The fourth-order valence-corrected chi connectivity index (χ4v) is 2.32. The van der Waals surface area contributed by atoms with Gasteiger partial charge in [-0.15, -0.1) is 0 Å². The van der Waals surface area contributed by atoms with E-state index >= 15 is 0 Å². The Bertz CT molecular complexity index is 541. The Hall–Kier alpha value is -2.11. The van der Waals surface area contributed by atoms with Crippen molar-refractivity contribution in [3.8, 4) is 0 Å². The molecule has 1 saturated carbocycles. The molecule has 1 atom stereocenters. The Balaban J connectivity index is 2.24.